The Morgan fingerprint density at radius 1 is 1.22 bits per heavy atom. The van der Waals surface area contributed by atoms with Crippen molar-refractivity contribution >= 4 is 29.0 Å². The van der Waals surface area contributed by atoms with Crippen molar-refractivity contribution in [3.63, 3.8) is 0 Å². The summed E-state index contributed by atoms with van der Waals surface area (Å²) in [6.07, 6.45) is 3.86. The number of rotatable bonds is 2. The third-order valence-corrected chi connectivity index (χ3v) is 4.88. The van der Waals surface area contributed by atoms with Gasteiger partial charge in [0.25, 0.3) is 5.91 Å². The Balaban J connectivity index is 0.00000102. The number of para-hydroxylation sites is 2. The summed E-state index contributed by atoms with van der Waals surface area (Å²) in [5, 5.41) is 9.05. The summed E-state index contributed by atoms with van der Waals surface area (Å²) in [5.41, 5.74) is 2.58. The van der Waals surface area contributed by atoms with E-state index in [1.807, 2.05) is 45.0 Å². The van der Waals surface area contributed by atoms with Gasteiger partial charge in [-0.2, -0.15) is 4.98 Å². The fourth-order valence-electron chi connectivity index (χ4n) is 3.80. The molecule has 27 heavy (non-hydrogen) atoms. The van der Waals surface area contributed by atoms with Crippen LogP contribution in [0.2, 0.25) is 0 Å². The van der Waals surface area contributed by atoms with Crippen molar-refractivity contribution in [2.45, 2.75) is 52.0 Å². The van der Waals surface area contributed by atoms with E-state index in [0.29, 0.717) is 12.0 Å². The quantitative estimate of drug-likeness (QED) is 0.753. The van der Waals surface area contributed by atoms with Gasteiger partial charge in [0.2, 0.25) is 5.96 Å². The number of likely N-dealkylation sites (N-methyl/N-ethyl adjacent to an activating group) is 1. The second kappa shape index (κ2) is 7.82. The summed E-state index contributed by atoms with van der Waals surface area (Å²) < 4.78 is 5.71. The molecule has 0 atom stereocenters. The van der Waals surface area contributed by atoms with Gasteiger partial charge in [-0.05, 0) is 31.9 Å². The Bertz CT molecular complexity index is 858. The number of fused-ring (bicyclic) bond motifs is 1. The van der Waals surface area contributed by atoms with Gasteiger partial charge < -0.3 is 15.1 Å². The van der Waals surface area contributed by atoms with Gasteiger partial charge in [-0.3, -0.25) is 10.1 Å². The number of nitrogens with one attached hydrogen (secondary N) is 3. The van der Waals surface area contributed by atoms with Gasteiger partial charge in [-0.15, -0.1) is 0 Å². The van der Waals surface area contributed by atoms with Gasteiger partial charge in [0.05, 0.1) is 11.1 Å². The normalized spacial score (nSPS) is 17.9. The maximum absolute atomic E-state index is 12.4. The fourth-order valence-corrected chi connectivity index (χ4v) is 3.80. The Labute approximate surface area is 159 Å². The van der Waals surface area contributed by atoms with E-state index in [-0.39, 0.29) is 5.91 Å². The molecule has 4 rings (SSSR count). The van der Waals surface area contributed by atoms with Gasteiger partial charge in [-0.1, -0.05) is 38.8 Å². The van der Waals surface area contributed by atoms with Gasteiger partial charge >= 0.3 is 6.01 Å². The summed E-state index contributed by atoms with van der Waals surface area (Å²) in [6, 6.07) is 7.98. The number of anilines is 1. The molecule has 7 nitrogen and oxygen atoms in total. The SMILES string of the molecule is CC.CNC(=O)C1=C(C)NC(Nc2nc3ccccc3o2)=NC12CCCC2. The van der Waals surface area contributed by atoms with Crippen molar-refractivity contribution < 1.29 is 9.21 Å². The smallest absolute Gasteiger partial charge is 0.302 e. The Hall–Kier alpha value is -2.83. The Kier molecular flexibility index (Phi) is 5.48. The average Bonchev–Trinajstić information content (AvgIpc) is 3.29. The number of aromatic nitrogens is 1. The summed E-state index contributed by atoms with van der Waals surface area (Å²) in [6.45, 7) is 5.91. The summed E-state index contributed by atoms with van der Waals surface area (Å²) in [5.74, 6) is 0.496. The first-order valence-corrected chi connectivity index (χ1v) is 9.54. The molecule has 0 bridgehead atoms. The zero-order valence-corrected chi connectivity index (χ0v) is 16.3. The third-order valence-electron chi connectivity index (χ3n) is 4.88. The minimum absolute atomic E-state index is 0.0726. The Morgan fingerprint density at radius 3 is 2.59 bits per heavy atom. The molecule has 1 fully saturated rings. The van der Waals surface area contributed by atoms with Crippen LogP contribution in [-0.4, -0.2) is 29.4 Å². The molecule has 1 aromatic heterocycles. The second-order valence-electron chi connectivity index (χ2n) is 6.51. The summed E-state index contributed by atoms with van der Waals surface area (Å²) in [4.78, 5) is 21.7. The largest absolute Gasteiger partial charge is 0.423 e. The number of oxazole rings is 1. The highest BCUT2D eigenvalue weighted by atomic mass is 16.4. The number of allylic oxidation sites excluding steroid dienone is 1. The van der Waals surface area contributed by atoms with Crippen molar-refractivity contribution in [3.05, 3.63) is 35.5 Å². The molecular formula is C20H27N5O2. The van der Waals surface area contributed by atoms with Crippen LogP contribution in [0.25, 0.3) is 11.1 Å². The van der Waals surface area contributed by atoms with Crippen LogP contribution in [0.4, 0.5) is 6.01 Å². The van der Waals surface area contributed by atoms with E-state index in [9.17, 15) is 4.79 Å². The van der Waals surface area contributed by atoms with Crippen LogP contribution in [0.15, 0.2) is 44.9 Å². The lowest BCUT2D eigenvalue weighted by atomic mass is 9.85. The van der Waals surface area contributed by atoms with E-state index in [4.69, 9.17) is 9.41 Å². The van der Waals surface area contributed by atoms with E-state index < -0.39 is 5.54 Å². The van der Waals surface area contributed by atoms with Gasteiger partial charge in [0.15, 0.2) is 5.58 Å². The molecule has 1 saturated carbocycles. The highest BCUT2D eigenvalue weighted by Gasteiger charge is 2.44. The van der Waals surface area contributed by atoms with Crippen molar-refractivity contribution in [2.75, 3.05) is 12.4 Å². The molecule has 2 heterocycles. The molecule has 0 radical (unpaired) electrons. The Morgan fingerprint density at radius 2 is 1.93 bits per heavy atom. The molecule has 1 spiro atoms. The lowest BCUT2D eigenvalue weighted by molar-refractivity contribution is -0.117. The molecule has 2 aliphatic rings. The van der Waals surface area contributed by atoms with Gasteiger partial charge in [0, 0.05) is 12.7 Å². The number of hydrogen-bond acceptors (Lipinski definition) is 6. The van der Waals surface area contributed by atoms with E-state index >= 15 is 0 Å². The second-order valence-corrected chi connectivity index (χ2v) is 6.51. The van der Waals surface area contributed by atoms with Crippen LogP contribution in [-0.2, 0) is 4.79 Å². The van der Waals surface area contributed by atoms with Crippen molar-refractivity contribution in [3.8, 4) is 0 Å². The number of amides is 1. The number of guanidine groups is 1. The fraction of sp³-hybridized carbons (Fsp3) is 0.450. The van der Waals surface area contributed by atoms with Crippen LogP contribution in [0, 0.1) is 0 Å². The molecule has 3 N–H and O–H groups in total. The zero-order valence-electron chi connectivity index (χ0n) is 16.3. The van der Waals surface area contributed by atoms with Crippen molar-refractivity contribution in [1.82, 2.24) is 15.6 Å². The van der Waals surface area contributed by atoms with Crippen LogP contribution < -0.4 is 16.0 Å². The molecule has 0 saturated heterocycles. The topological polar surface area (TPSA) is 91.6 Å². The van der Waals surface area contributed by atoms with Gasteiger partial charge in [-0.25, -0.2) is 4.99 Å². The van der Waals surface area contributed by atoms with E-state index in [1.54, 1.807) is 7.05 Å². The molecule has 1 aromatic carbocycles. The highest BCUT2D eigenvalue weighted by molar-refractivity contribution is 6.02. The number of carbonyl (C=O) groups is 1. The molecule has 2 aromatic rings. The van der Waals surface area contributed by atoms with E-state index in [1.165, 1.54) is 0 Å². The minimum Gasteiger partial charge on any atom is -0.423 e. The van der Waals surface area contributed by atoms with Crippen LogP contribution in [0.5, 0.6) is 0 Å². The van der Waals surface area contributed by atoms with Crippen LogP contribution in [0.1, 0.15) is 46.5 Å². The van der Waals surface area contributed by atoms with Crippen molar-refractivity contribution in [2.24, 2.45) is 4.99 Å². The maximum atomic E-state index is 12.4. The molecular weight excluding hydrogens is 342 g/mol. The van der Waals surface area contributed by atoms with Crippen molar-refractivity contribution in [1.29, 1.82) is 0 Å². The predicted octanol–water partition coefficient (Wildman–Crippen LogP) is 3.56. The maximum Gasteiger partial charge on any atom is 0.302 e. The number of aliphatic imine (C=N–C) groups is 1. The standard InChI is InChI=1S/C18H21N5O2.C2H6/c1-11-14(15(24)19-2)18(9-5-6-10-18)23-16(20-11)22-17-21-12-7-3-4-8-13(12)25-17;1-2/h3-4,7-8H,5-6,9-10H2,1-2H3,(H,19,24)(H2,20,21,22,23);1-2H3. The van der Waals surface area contributed by atoms with Crippen LogP contribution in [0.3, 0.4) is 0 Å². The monoisotopic (exact) mass is 369 g/mol. The number of nitrogens with zero attached hydrogens (tertiary/aromatic N) is 2. The first kappa shape index (κ1) is 18.9. The minimum atomic E-state index is -0.468. The first-order chi connectivity index (χ1) is 13.1. The molecule has 1 aliphatic heterocycles. The van der Waals surface area contributed by atoms with E-state index in [0.717, 1.165) is 48.1 Å². The molecule has 1 aliphatic carbocycles. The molecule has 144 valence electrons. The summed E-state index contributed by atoms with van der Waals surface area (Å²) in [7, 11) is 1.65. The van der Waals surface area contributed by atoms with Crippen LogP contribution >= 0.6 is 0 Å². The number of benzene rings is 1. The number of hydrogen-bond donors (Lipinski definition) is 3. The first-order valence-electron chi connectivity index (χ1n) is 9.54. The highest BCUT2D eigenvalue weighted by Crippen LogP contribution is 2.42. The van der Waals surface area contributed by atoms with E-state index in [2.05, 4.69) is 20.9 Å². The average molecular weight is 369 g/mol. The predicted molar refractivity (Wildman–Crippen MR) is 108 cm³/mol. The molecule has 0 unspecified atom stereocenters. The summed E-state index contributed by atoms with van der Waals surface area (Å²) >= 11 is 0. The number of carbonyl (C=O) groups excluding carboxylic acids is 1. The molecule has 7 heteroatoms. The lowest BCUT2D eigenvalue weighted by Gasteiger charge is -2.33. The molecule has 1 amide bonds. The zero-order chi connectivity index (χ0) is 19.4. The lowest BCUT2D eigenvalue weighted by Crippen LogP contribution is -2.46. The third kappa shape index (κ3) is 3.54. The van der Waals surface area contributed by atoms with Gasteiger partial charge in [0.1, 0.15) is 5.52 Å².